The zero-order valence-electron chi connectivity index (χ0n) is 9.08. The molecule has 0 spiro atoms. The first-order valence-corrected chi connectivity index (χ1v) is 6.22. The molecule has 2 aromatic rings. The Morgan fingerprint density at radius 2 is 1.94 bits per heavy atom. The molecule has 2 aromatic heterocycles. The van der Waals surface area contributed by atoms with Gasteiger partial charge in [0.15, 0.2) is 5.16 Å². The van der Waals surface area contributed by atoms with Crippen LogP contribution in [0, 0.1) is 0 Å². The van der Waals surface area contributed by atoms with Gasteiger partial charge in [0.1, 0.15) is 16.7 Å². The summed E-state index contributed by atoms with van der Waals surface area (Å²) in [6, 6.07) is 3.54. The van der Waals surface area contributed by atoms with Gasteiger partial charge in [-0.3, -0.25) is 0 Å². The van der Waals surface area contributed by atoms with Gasteiger partial charge in [0, 0.05) is 24.4 Å². The summed E-state index contributed by atoms with van der Waals surface area (Å²) in [6.45, 7) is 0. The molecule has 0 unspecified atom stereocenters. The summed E-state index contributed by atoms with van der Waals surface area (Å²) in [5.41, 5.74) is 5.77. The molecule has 1 aliphatic carbocycles. The highest BCUT2D eigenvalue weighted by atomic mass is 32.2. The lowest BCUT2D eigenvalue weighted by atomic mass is 10.4. The second-order valence-electron chi connectivity index (χ2n) is 3.90. The van der Waals surface area contributed by atoms with E-state index in [-0.39, 0.29) is 0 Å². The molecule has 1 saturated carbocycles. The molecule has 0 atom stereocenters. The summed E-state index contributed by atoms with van der Waals surface area (Å²) in [5, 5.41) is 1.48. The number of anilines is 1. The first kappa shape index (κ1) is 10.5. The van der Waals surface area contributed by atoms with Crippen molar-refractivity contribution in [2.75, 3.05) is 5.73 Å². The lowest BCUT2D eigenvalue weighted by Gasteiger charge is -2.03. The highest BCUT2D eigenvalue weighted by molar-refractivity contribution is 7.99. The van der Waals surface area contributed by atoms with Crippen LogP contribution >= 0.6 is 11.8 Å². The summed E-state index contributed by atoms with van der Waals surface area (Å²) >= 11 is 1.41. The fourth-order valence-electron chi connectivity index (χ4n) is 1.47. The number of aromatic nitrogens is 4. The predicted molar refractivity (Wildman–Crippen MR) is 64.6 cm³/mol. The second kappa shape index (κ2) is 4.29. The largest absolute Gasteiger partial charge is 0.384 e. The Morgan fingerprint density at radius 1 is 1.18 bits per heavy atom. The molecule has 17 heavy (non-hydrogen) atoms. The van der Waals surface area contributed by atoms with Crippen LogP contribution in [0.3, 0.4) is 0 Å². The van der Waals surface area contributed by atoms with Crippen LogP contribution in [0.1, 0.15) is 24.6 Å². The molecule has 3 rings (SSSR count). The summed E-state index contributed by atoms with van der Waals surface area (Å²) < 4.78 is 0. The quantitative estimate of drug-likeness (QED) is 0.657. The second-order valence-corrected chi connectivity index (χ2v) is 4.88. The lowest BCUT2D eigenvalue weighted by Crippen LogP contribution is -1.99. The first-order valence-electron chi connectivity index (χ1n) is 5.40. The molecular formula is C11H11N5S. The fourth-order valence-corrected chi connectivity index (χ4v) is 2.20. The first-order chi connectivity index (χ1) is 8.31. The van der Waals surface area contributed by atoms with Crippen molar-refractivity contribution in [3.8, 4) is 0 Å². The Balaban J connectivity index is 1.87. The topological polar surface area (TPSA) is 77.6 Å². The minimum absolute atomic E-state index is 0.495. The number of rotatable bonds is 3. The zero-order valence-corrected chi connectivity index (χ0v) is 9.89. The highest BCUT2D eigenvalue weighted by Crippen LogP contribution is 2.39. The van der Waals surface area contributed by atoms with Gasteiger partial charge in [-0.15, -0.1) is 0 Å². The van der Waals surface area contributed by atoms with E-state index in [1.54, 1.807) is 24.5 Å². The van der Waals surface area contributed by atoms with Crippen LogP contribution in [0.2, 0.25) is 0 Å². The van der Waals surface area contributed by atoms with Crippen LogP contribution in [0.15, 0.2) is 34.7 Å². The van der Waals surface area contributed by atoms with Gasteiger partial charge in [0.25, 0.3) is 0 Å². The van der Waals surface area contributed by atoms with Crippen molar-refractivity contribution in [1.29, 1.82) is 0 Å². The van der Waals surface area contributed by atoms with E-state index in [1.807, 2.05) is 0 Å². The third-order valence-corrected chi connectivity index (χ3v) is 3.23. The molecule has 86 valence electrons. The van der Waals surface area contributed by atoms with E-state index in [9.17, 15) is 0 Å². The van der Waals surface area contributed by atoms with Crippen LogP contribution in [0.4, 0.5) is 5.82 Å². The van der Waals surface area contributed by atoms with Crippen molar-refractivity contribution in [1.82, 2.24) is 19.9 Å². The van der Waals surface area contributed by atoms with E-state index in [2.05, 4.69) is 19.9 Å². The Morgan fingerprint density at radius 3 is 2.65 bits per heavy atom. The van der Waals surface area contributed by atoms with Gasteiger partial charge in [-0.2, -0.15) is 0 Å². The number of hydrogen-bond acceptors (Lipinski definition) is 6. The molecule has 0 aliphatic heterocycles. The van der Waals surface area contributed by atoms with Crippen molar-refractivity contribution in [3.63, 3.8) is 0 Å². The van der Waals surface area contributed by atoms with Crippen LogP contribution in [0.25, 0.3) is 0 Å². The van der Waals surface area contributed by atoms with Crippen molar-refractivity contribution >= 4 is 17.6 Å². The Hall–Kier alpha value is -1.69. The highest BCUT2D eigenvalue weighted by Gasteiger charge is 2.27. The zero-order chi connectivity index (χ0) is 11.7. The molecule has 1 fully saturated rings. The predicted octanol–water partition coefficient (Wildman–Crippen LogP) is 1.88. The molecule has 0 amide bonds. The van der Waals surface area contributed by atoms with E-state index in [4.69, 9.17) is 5.73 Å². The van der Waals surface area contributed by atoms with Gasteiger partial charge >= 0.3 is 0 Å². The number of nitrogen functional groups attached to an aromatic ring is 1. The van der Waals surface area contributed by atoms with E-state index in [0.29, 0.717) is 16.9 Å². The minimum atomic E-state index is 0.495. The maximum Gasteiger partial charge on any atom is 0.193 e. The molecule has 0 aromatic carbocycles. The summed E-state index contributed by atoms with van der Waals surface area (Å²) in [5.74, 6) is 1.86. The molecule has 5 nitrogen and oxygen atoms in total. The number of nitrogens with zero attached hydrogens (tertiary/aromatic N) is 4. The third-order valence-electron chi connectivity index (χ3n) is 2.42. The number of nitrogens with two attached hydrogens (primary N) is 1. The summed E-state index contributed by atoms with van der Waals surface area (Å²) in [6.07, 6.45) is 5.74. The van der Waals surface area contributed by atoms with Crippen LogP contribution in [0.5, 0.6) is 0 Å². The summed E-state index contributed by atoms with van der Waals surface area (Å²) in [4.78, 5) is 17.0. The fraction of sp³-hybridized carbons (Fsp3) is 0.273. The molecule has 0 bridgehead atoms. The Labute approximate surface area is 103 Å². The SMILES string of the molecule is Nc1cc(Sc2ncccn2)nc(C2CC2)n1. The van der Waals surface area contributed by atoms with Crippen molar-refractivity contribution in [2.45, 2.75) is 28.9 Å². The van der Waals surface area contributed by atoms with Crippen molar-refractivity contribution in [2.24, 2.45) is 0 Å². The number of hydrogen-bond donors (Lipinski definition) is 1. The third kappa shape index (κ3) is 2.52. The minimum Gasteiger partial charge on any atom is -0.384 e. The van der Waals surface area contributed by atoms with Crippen LogP contribution in [-0.2, 0) is 0 Å². The molecule has 2 N–H and O–H groups in total. The maximum atomic E-state index is 5.77. The van der Waals surface area contributed by atoms with Gasteiger partial charge in [0.2, 0.25) is 0 Å². The molecule has 0 radical (unpaired) electrons. The van der Waals surface area contributed by atoms with Crippen molar-refractivity contribution in [3.05, 3.63) is 30.4 Å². The van der Waals surface area contributed by atoms with Gasteiger partial charge in [-0.05, 0) is 30.7 Å². The standard InChI is InChI=1S/C11H11N5S/c12-8-6-9(16-10(15-8)7-2-3-7)17-11-13-4-1-5-14-11/h1,4-7H,2-3H2,(H2,12,15,16). The monoisotopic (exact) mass is 245 g/mol. The van der Waals surface area contributed by atoms with E-state index >= 15 is 0 Å². The Bertz CT molecular complexity index is 527. The van der Waals surface area contributed by atoms with Crippen LogP contribution in [-0.4, -0.2) is 19.9 Å². The van der Waals surface area contributed by atoms with E-state index < -0.39 is 0 Å². The summed E-state index contributed by atoms with van der Waals surface area (Å²) in [7, 11) is 0. The Kier molecular flexibility index (Phi) is 2.64. The molecule has 6 heteroatoms. The van der Waals surface area contributed by atoms with Gasteiger partial charge < -0.3 is 5.73 Å². The molecular weight excluding hydrogens is 234 g/mol. The van der Waals surface area contributed by atoms with E-state index in [0.717, 1.165) is 23.7 Å². The van der Waals surface area contributed by atoms with Crippen molar-refractivity contribution < 1.29 is 0 Å². The van der Waals surface area contributed by atoms with E-state index in [1.165, 1.54) is 11.8 Å². The van der Waals surface area contributed by atoms with Gasteiger partial charge in [0.05, 0.1) is 0 Å². The molecule has 1 aliphatic rings. The molecule has 0 saturated heterocycles. The van der Waals surface area contributed by atoms with Gasteiger partial charge in [-0.1, -0.05) is 0 Å². The van der Waals surface area contributed by atoms with Gasteiger partial charge in [-0.25, -0.2) is 19.9 Å². The van der Waals surface area contributed by atoms with Crippen LogP contribution < -0.4 is 5.73 Å². The lowest BCUT2D eigenvalue weighted by molar-refractivity contribution is 0.878. The smallest absolute Gasteiger partial charge is 0.193 e. The maximum absolute atomic E-state index is 5.77. The normalized spacial score (nSPS) is 14.8. The average Bonchev–Trinajstić information content (AvgIpc) is 3.13. The molecule has 2 heterocycles. The average molecular weight is 245 g/mol.